The number of carbonyl (C=O) groups is 1. The number of hydrogen-bond donors (Lipinski definition) is 2. The van der Waals surface area contributed by atoms with Crippen LogP contribution in [0.5, 0.6) is 5.75 Å². The van der Waals surface area contributed by atoms with Crippen LogP contribution in [0.4, 0.5) is 5.13 Å². The van der Waals surface area contributed by atoms with Gasteiger partial charge in [0.1, 0.15) is 12.4 Å². The monoisotopic (exact) mass is 326 g/mol. The predicted molar refractivity (Wildman–Crippen MR) is 83.6 cm³/mol. The van der Waals surface area contributed by atoms with Crippen molar-refractivity contribution in [3.63, 3.8) is 0 Å². The van der Waals surface area contributed by atoms with Gasteiger partial charge in [-0.3, -0.25) is 4.79 Å². The largest absolute Gasteiger partial charge is 0.492 e. The summed E-state index contributed by atoms with van der Waals surface area (Å²) in [6.45, 7) is 2.99. The number of nitrogens with zero attached hydrogens (tertiary/aromatic N) is 1. The number of aromatic nitrogens is 1. The molecule has 1 heterocycles. The molecule has 0 radical (unpaired) electrons. The highest BCUT2D eigenvalue weighted by Gasteiger charge is 2.05. The van der Waals surface area contributed by atoms with Gasteiger partial charge in [-0.25, -0.2) is 4.98 Å². The van der Waals surface area contributed by atoms with E-state index in [1.807, 2.05) is 19.1 Å². The maximum absolute atomic E-state index is 10.6. The summed E-state index contributed by atoms with van der Waals surface area (Å²) in [5.74, 6) is -0.113. The van der Waals surface area contributed by atoms with Crippen LogP contribution in [0.3, 0.4) is 0 Å². The van der Waals surface area contributed by atoms with Crippen LogP contribution in [0.15, 0.2) is 23.6 Å². The van der Waals surface area contributed by atoms with Gasteiger partial charge >= 0.3 is 5.97 Å². The van der Waals surface area contributed by atoms with E-state index in [-0.39, 0.29) is 6.42 Å². The molecule has 0 atom stereocenters. The van der Waals surface area contributed by atoms with Gasteiger partial charge in [-0.05, 0) is 30.7 Å². The van der Waals surface area contributed by atoms with Crippen LogP contribution in [0.1, 0.15) is 11.3 Å². The number of ether oxygens (including phenoxy) is 1. The number of aliphatic carboxylic acids is 1. The second-order valence-electron chi connectivity index (χ2n) is 4.40. The van der Waals surface area contributed by atoms with E-state index in [9.17, 15) is 4.79 Å². The Morgan fingerprint density at radius 3 is 3.05 bits per heavy atom. The molecule has 1 aromatic carbocycles. The molecule has 0 bridgehead atoms. The molecule has 0 aliphatic carbocycles. The predicted octanol–water partition coefficient (Wildman–Crippen LogP) is 3.22. The molecule has 0 aliphatic rings. The Kier molecular flexibility index (Phi) is 5.41. The molecular formula is C14H15ClN2O3S. The maximum atomic E-state index is 10.6. The molecule has 0 unspecified atom stereocenters. The summed E-state index contributed by atoms with van der Waals surface area (Å²) < 4.78 is 5.60. The molecule has 2 N–H and O–H groups in total. The minimum atomic E-state index is -0.881. The Balaban J connectivity index is 1.75. The van der Waals surface area contributed by atoms with Gasteiger partial charge in [-0.2, -0.15) is 0 Å². The molecule has 0 saturated heterocycles. The Bertz CT molecular complexity index is 630. The van der Waals surface area contributed by atoms with Gasteiger partial charge in [0.2, 0.25) is 0 Å². The fourth-order valence-electron chi connectivity index (χ4n) is 1.66. The molecule has 21 heavy (non-hydrogen) atoms. The first kappa shape index (κ1) is 15.6. The minimum absolute atomic E-state index is 0.0568. The van der Waals surface area contributed by atoms with Crippen molar-refractivity contribution in [3.05, 3.63) is 39.9 Å². The van der Waals surface area contributed by atoms with E-state index in [0.29, 0.717) is 29.0 Å². The molecule has 2 rings (SSSR count). The quantitative estimate of drug-likeness (QED) is 0.764. The Morgan fingerprint density at radius 2 is 2.33 bits per heavy atom. The third kappa shape index (κ3) is 4.91. The van der Waals surface area contributed by atoms with E-state index in [1.165, 1.54) is 11.3 Å². The van der Waals surface area contributed by atoms with Crippen molar-refractivity contribution < 1.29 is 14.6 Å². The number of nitrogens with one attached hydrogen (secondary N) is 1. The molecular weight excluding hydrogens is 312 g/mol. The number of carboxylic acids is 1. The van der Waals surface area contributed by atoms with Crippen LogP contribution >= 0.6 is 22.9 Å². The van der Waals surface area contributed by atoms with E-state index >= 15 is 0 Å². The molecule has 1 aromatic heterocycles. The van der Waals surface area contributed by atoms with Gasteiger partial charge in [0.05, 0.1) is 18.7 Å². The van der Waals surface area contributed by atoms with Crippen LogP contribution in [0, 0.1) is 6.92 Å². The number of thiazole rings is 1. The molecule has 0 saturated carbocycles. The third-order valence-electron chi connectivity index (χ3n) is 2.66. The first-order valence-corrected chi connectivity index (χ1v) is 7.59. The Morgan fingerprint density at radius 1 is 1.52 bits per heavy atom. The van der Waals surface area contributed by atoms with Crippen molar-refractivity contribution in [2.45, 2.75) is 13.3 Å². The molecule has 0 aliphatic heterocycles. The average Bonchev–Trinajstić information content (AvgIpc) is 2.85. The summed E-state index contributed by atoms with van der Waals surface area (Å²) >= 11 is 7.33. The van der Waals surface area contributed by atoms with E-state index in [1.54, 1.807) is 11.4 Å². The van der Waals surface area contributed by atoms with E-state index in [0.717, 1.165) is 11.3 Å². The van der Waals surface area contributed by atoms with E-state index in [2.05, 4.69) is 10.3 Å². The number of rotatable bonds is 7. The first-order valence-electron chi connectivity index (χ1n) is 6.33. The van der Waals surface area contributed by atoms with Crippen LogP contribution < -0.4 is 10.1 Å². The lowest BCUT2D eigenvalue weighted by atomic mass is 10.2. The number of aryl methyl sites for hydroxylation is 1. The zero-order chi connectivity index (χ0) is 15.2. The summed E-state index contributed by atoms with van der Waals surface area (Å²) in [4.78, 5) is 14.7. The van der Waals surface area contributed by atoms with Crippen molar-refractivity contribution in [1.29, 1.82) is 0 Å². The van der Waals surface area contributed by atoms with Crippen LogP contribution in [0.25, 0.3) is 0 Å². The Labute approximate surface area is 131 Å². The summed E-state index contributed by atoms with van der Waals surface area (Å²) in [7, 11) is 0. The van der Waals surface area contributed by atoms with Crippen LogP contribution in [0.2, 0.25) is 5.02 Å². The third-order valence-corrected chi connectivity index (χ3v) is 3.93. The number of hydrogen-bond acceptors (Lipinski definition) is 5. The lowest BCUT2D eigenvalue weighted by molar-refractivity contribution is -0.136. The standard InChI is InChI=1S/C14H15ClN2O3S/c1-9-6-11(2-3-12(9)15)20-5-4-16-14-17-10(8-21-14)7-13(18)19/h2-3,6,8H,4-5,7H2,1H3,(H,16,17)(H,18,19). The van der Waals surface area contributed by atoms with Crippen molar-refractivity contribution in [2.24, 2.45) is 0 Å². The topological polar surface area (TPSA) is 71.5 Å². The number of carboxylic acid groups (broad SMARTS) is 1. The highest BCUT2D eigenvalue weighted by Crippen LogP contribution is 2.21. The SMILES string of the molecule is Cc1cc(OCCNc2nc(CC(=O)O)cs2)ccc1Cl. The molecule has 0 spiro atoms. The first-order chi connectivity index (χ1) is 10.0. The van der Waals surface area contributed by atoms with Crippen LogP contribution in [-0.2, 0) is 11.2 Å². The van der Waals surface area contributed by atoms with E-state index < -0.39 is 5.97 Å². The summed E-state index contributed by atoms with van der Waals surface area (Å²) in [6, 6.07) is 5.51. The second kappa shape index (κ2) is 7.28. The van der Waals surface area contributed by atoms with Crippen LogP contribution in [-0.4, -0.2) is 29.2 Å². The van der Waals surface area contributed by atoms with Crippen molar-refractivity contribution in [3.8, 4) is 5.75 Å². The maximum Gasteiger partial charge on any atom is 0.309 e. The number of halogens is 1. The average molecular weight is 327 g/mol. The normalized spacial score (nSPS) is 10.4. The van der Waals surface area contributed by atoms with Gasteiger partial charge in [-0.15, -0.1) is 11.3 Å². The highest BCUT2D eigenvalue weighted by atomic mass is 35.5. The summed E-state index contributed by atoms with van der Waals surface area (Å²) in [6.07, 6.45) is -0.0568. The van der Waals surface area contributed by atoms with Crippen molar-refractivity contribution in [2.75, 3.05) is 18.5 Å². The van der Waals surface area contributed by atoms with Crippen molar-refractivity contribution in [1.82, 2.24) is 4.98 Å². The summed E-state index contributed by atoms with van der Waals surface area (Å²) in [5.41, 5.74) is 1.53. The second-order valence-corrected chi connectivity index (χ2v) is 5.67. The molecule has 7 heteroatoms. The smallest absolute Gasteiger partial charge is 0.309 e. The number of anilines is 1. The summed E-state index contributed by atoms with van der Waals surface area (Å²) in [5, 5.41) is 14.9. The number of benzene rings is 1. The molecule has 2 aromatic rings. The van der Waals surface area contributed by atoms with Gasteiger partial charge < -0.3 is 15.2 Å². The van der Waals surface area contributed by atoms with Gasteiger partial charge in [-0.1, -0.05) is 11.6 Å². The lowest BCUT2D eigenvalue weighted by Crippen LogP contribution is -2.11. The zero-order valence-electron chi connectivity index (χ0n) is 11.4. The fourth-order valence-corrected chi connectivity index (χ4v) is 2.51. The van der Waals surface area contributed by atoms with E-state index in [4.69, 9.17) is 21.4 Å². The molecule has 5 nitrogen and oxygen atoms in total. The van der Waals surface area contributed by atoms with Crippen molar-refractivity contribution >= 4 is 34.0 Å². The van der Waals surface area contributed by atoms with Gasteiger partial charge in [0.25, 0.3) is 0 Å². The lowest BCUT2D eigenvalue weighted by Gasteiger charge is -2.08. The molecule has 0 fully saturated rings. The zero-order valence-corrected chi connectivity index (χ0v) is 13.0. The minimum Gasteiger partial charge on any atom is -0.492 e. The van der Waals surface area contributed by atoms with Gasteiger partial charge in [0.15, 0.2) is 5.13 Å². The van der Waals surface area contributed by atoms with Gasteiger partial charge in [0, 0.05) is 10.4 Å². The molecule has 112 valence electrons. The highest BCUT2D eigenvalue weighted by molar-refractivity contribution is 7.13. The molecule has 0 amide bonds. The fraction of sp³-hybridized carbons (Fsp3) is 0.286. The Hall–Kier alpha value is -1.79.